The van der Waals surface area contributed by atoms with Gasteiger partial charge in [0.15, 0.2) is 11.6 Å². The second-order valence-electron chi connectivity index (χ2n) is 4.31. The summed E-state index contributed by atoms with van der Waals surface area (Å²) in [4.78, 5) is 0. The van der Waals surface area contributed by atoms with Crippen LogP contribution in [0.15, 0.2) is 42.5 Å². The number of aliphatic hydroxyl groups is 1. The van der Waals surface area contributed by atoms with Crippen LogP contribution in [-0.2, 0) is 6.61 Å². The van der Waals surface area contributed by atoms with Gasteiger partial charge in [0.2, 0.25) is 0 Å². The van der Waals surface area contributed by atoms with Gasteiger partial charge in [-0.05, 0) is 19.1 Å². The summed E-state index contributed by atoms with van der Waals surface area (Å²) < 4.78 is 19.5. The molecule has 2 aromatic rings. The summed E-state index contributed by atoms with van der Waals surface area (Å²) in [5, 5.41) is 9.25. The van der Waals surface area contributed by atoms with Gasteiger partial charge in [0.1, 0.15) is 5.75 Å². The van der Waals surface area contributed by atoms with Crippen LogP contribution in [0.3, 0.4) is 0 Å². The molecule has 0 radical (unpaired) electrons. The highest BCUT2D eigenvalue weighted by Crippen LogP contribution is 2.33. The van der Waals surface area contributed by atoms with Crippen molar-refractivity contribution < 1.29 is 14.2 Å². The highest BCUT2D eigenvalue weighted by molar-refractivity contribution is 5.43. The fraction of sp³-hybridized carbons (Fsp3) is 0.200. The fourth-order valence-corrected chi connectivity index (χ4v) is 1.84. The Labute approximate surface area is 111 Å². The standard InChI is InChI=1S/C15H16FNO2/c1-10(17)12-6-4-7-13(16)15(12)19-14-8-3-2-5-11(14)9-18/h2-8,10,18H,9,17H2,1H3/t10-/m0/s1. The minimum Gasteiger partial charge on any atom is -0.454 e. The molecule has 2 rings (SSSR count). The third kappa shape index (κ3) is 2.92. The molecule has 0 fully saturated rings. The number of halogens is 1. The van der Waals surface area contributed by atoms with Crippen LogP contribution in [0.5, 0.6) is 11.5 Å². The van der Waals surface area contributed by atoms with Crippen LogP contribution in [-0.4, -0.2) is 5.11 Å². The van der Waals surface area contributed by atoms with E-state index in [9.17, 15) is 9.50 Å². The molecule has 0 aliphatic rings. The SMILES string of the molecule is C[C@H](N)c1cccc(F)c1Oc1ccccc1CO. The molecule has 4 heteroatoms. The zero-order valence-electron chi connectivity index (χ0n) is 10.6. The fourth-order valence-electron chi connectivity index (χ4n) is 1.84. The summed E-state index contributed by atoms with van der Waals surface area (Å²) in [6.07, 6.45) is 0. The third-order valence-corrected chi connectivity index (χ3v) is 2.84. The lowest BCUT2D eigenvalue weighted by Gasteiger charge is -2.16. The lowest BCUT2D eigenvalue weighted by atomic mass is 10.1. The third-order valence-electron chi connectivity index (χ3n) is 2.84. The molecule has 0 bridgehead atoms. The number of ether oxygens (including phenoxy) is 1. The lowest BCUT2D eigenvalue weighted by molar-refractivity contribution is 0.275. The van der Waals surface area contributed by atoms with Gasteiger partial charge >= 0.3 is 0 Å². The first-order valence-electron chi connectivity index (χ1n) is 6.04. The second kappa shape index (κ2) is 5.82. The first kappa shape index (κ1) is 13.5. The predicted octanol–water partition coefficient (Wildman–Crippen LogP) is 3.13. The zero-order valence-corrected chi connectivity index (χ0v) is 10.6. The van der Waals surface area contributed by atoms with Crippen LogP contribution in [0.2, 0.25) is 0 Å². The van der Waals surface area contributed by atoms with E-state index in [0.717, 1.165) is 0 Å². The minimum absolute atomic E-state index is 0.110. The molecule has 0 saturated heterocycles. The van der Waals surface area contributed by atoms with Crippen molar-refractivity contribution in [3.8, 4) is 11.5 Å². The molecule has 3 N–H and O–H groups in total. The summed E-state index contributed by atoms with van der Waals surface area (Å²) in [5.41, 5.74) is 7.00. The quantitative estimate of drug-likeness (QED) is 0.889. The van der Waals surface area contributed by atoms with E-state index in [1.54, 1.807) is 43.3 Å². The Hall–Kier alpha value is -1.91. The zero-order chi connectivity index (χ0) is 13.8. The van der Waals surface area contributed by atoms with E-state index >= 15 is 0 Å². The van der Waals surface area contributed by atoms with Crippen molar-refractivity contribution in [1.29, 1.82) is 0 Å². The average Bonchev–Trinajstić information content (AvgIpc) is 2.41. The summed E-state index contributed by atoms with van der Waals surface area (Å²) >= 11 is 0. The normalized spacial score (nSPS) is 12.2. The van der Waals surface area contributed by atoms with Crippen LogP contribution in [0.25, 0.3) is 0 Å². The van der Waals surface area contributed by atoms with E-state index in [2.05, 4.69) is 0 Å². The molecule has 0 aromatic heterocycles. The summed E-state index contributed by atoms with van der Waals surface area (Å²) in [5.74, 6) is 0.0675. The second-order valence-corrected chi connectivity index (χ2v) is 4.31. The molecule has 1 atom stereocenters. The Balaban J connectivity index is 2.43. The van der Waals surface area contributed by atoms with Gasteiger partial charge in [-0.1, -0.05) is 30.3 Å². The molecule has 100 valence electrons. The maximum atomic E-state index is 13.9. The summed E-state index contributed by atoms with van der Waals surface area (Å²) in [6, 6.07) is 11.3. The Bertz CT molecular complexity index is 570. The lowest BCUT2D eigenvalue weighted by Crippen LogP contribution is -2.08. The molecule has 3 nitrogen and oxygen atoms in total. The highest BCUT2D eigenvalue weighted by atomic mass is 19.1. The largest absolute Gasteiger partial charge is 0.454 e. The summed E-state index contributed by atoms with van der Waals surface area (Å²) in [6.45, 7) is 1.59. The number of nitrogens with two attached hydrogens (primary N) is 1. The molecule has 0 amide bonds. The van der Waals surface area contributed by atoms with Gasteiger partial charge in [0, 0.05) is 17.2 Å². The van der Waals surface area contributed by atoms with E-state index in [-0.39, 0.29) is 18.4 Å². The van der Waals surface area contributed by atoms with Crippen LogP contribution >= 0.6 is 0 Å². The predicted molar refractivity (Wildman–Crippen MR) is 71.4 cm³/mol. The van der Waals surface area contributed by atoms with Crippen LogP contribution in [0, 0.1) is 5.82 Å². The number of rotatable bonds is 4. The molecule has 0 spiro atoms. The first-order chi connectivity index (χ1) is 9.13. The summed E-state index contributed by atoms with van der Waals surface area (Å²) in [7, 11) is 0. The Morgan fingerprint density at radius 1 is 1.21 bits per heavy atom. The molecule has 2 aromatic carbocycles. The maximum absolute atomic E-state index is 13.9. The number of aliphatic hydroxyl groups excluding tert-OH is 1. The van der Waals surface area contributed by atoms with Gasteiger partial charge in [-0.25, -0.2) is 4.39 Å². The van der Waals surface area contributed by atoms with Crippen LogP contribution in [0.4, 0.5) is 4.39 Å². The van der Waals surface area contributed by atoms with Crippen molar-refractivity contribution in [3.63, 3.8) is 0 Å². The van der Waals surface area contributed by atoms with Crippen LogP contribution < -0.4 is 10.5 Å². The average molecular weight is 261 g/mol. The molecule has 19 heavy (non-hydrogen) atoms. The van der Waals surface area contributed by atoms with Crippen molar-refractivity contribution in [3.05, 3.63) is 59.4 Å². The first-order valence-corrected chi connectivity index (χ1v) is 6.04. The van der Waals surface area contributed by atoms with Crippen molar-refractivity contribution in [2.75, 3.05) is 0 Å². The molecule has 0 saturated carbocycles. The monoisotopic (exact) mass is 261 g/mol. The van der Waals surface area contributed by atoms with Gasteiger partial charge in [0.25, 0.3) is 0 Å². The van der Waals surface area contributed by atoms with Crippen molar-refractivity contribution >= 4 is 0 Å². The van der Waals surface area contributed by atoms with Gasteiger partial charge in [-0.3, -0.25) is 0 Å². The van der Waals surface area contributed by atoms with Gasteiger partial charge in [0.05, 0.1) is 6.61 Å². The van der Waals surface area contributed by atoms with E-state index in [0.29, 0.717) is 16.9 Å². The topological polar surface area (TPSA) is 55.5 Å². The molecule has 0 aliphatic carbocycles. The number of hydrogen-bond acceptors (Lipinski definition) is 3. The Morgan fingerprint density at radius 3 is 2.63 bits per heavy atom. The molecular formula is C15H16FNO2. The minimum atomic E-state index is -0.470. The van der Waals surface area contributed by atoms with E-state index in [1.807, 2.05) is 0 Å². The van der Waals surface area contributed by atoms with Crippen molar-refractivity contribution in [2.45, 2.75) is 19.6 Å². The number of benzene rings is 2. The molecule has 0 heterocycles. The van der Waals surface area contributed by atoms with E-state index in [1.165, 1.54) is 6.07 Å². The van der Waals surface area contributed by atoms with Gasteiger partial charge in [-0.15, -0.1) is 0 Å². The molecule has 0 unspecified atom stereocenters. The molecular weight excluding hydrogens is 245 g/mol. The Kier molecular flexibility index (Phi) is 4.14. The van der Waals surface area contributed by atoms with E-state index < -0.39 is 5.82 Å². The van der Waals surface area contributed by atoms with Gasteiger partial charge in [-0.2, -0.15) is 0 Å². The van der Waals surface area contributed by atoms with Crippen molar-refractivity contribution in [1.82, 2.24) is 0 Å². The number of hydrogen-bond donors (Lipinski definition) is 2. The van der Waals surface area contributed by atoms with Crippen LogP contribution in [0.1, 0.15) is 24.1 Å². The van der Waals surface area contributed by atoms with Crippen molar-refractivity contribution in [2.24, 2.45) is 5.73 Å². The van der Waals surface area contributed by atoms with E-state index in [4.69, 9.17) is 10.5 Å². The smallest absolute Gasteiger partial charge is 0.167 e. The van der Waals surface area contributed by atoms with Gasteiger partial charge < -0.3 is 15.6 Å². The highest BCUT2D eigenvalue weighted by Gasteiger charge is 2.15. The molecule has 0 aliphatic heterocycles. The Morgan fingerprint density at radius 2 is 1.95 bits per heavy atom. The maximum Gasteiger partial charge on any atom is 0.167 e. The number of para-hydroxylation sites is 2.